The summed E-state index contributed by atoms with van der Waals surface area (Å²) in [7, 11) is 0. The van der Waals surface area contributed by atoms with E-state index in [1.165, 1.54) is 6.07 Å². The first-order valence-corrected chi connectivity index (χ1v) is 6.74. The number of nitrogens with one attached hydrogen (secondary N) is 1. The normalized spacial score (nSPS) is 13.4. The Morgan fingerprint density at radius 2 is 2.00 bits per heavy atom. The first-order chi connectivity index (χ1) is 9.16. The molecular formula is C13H15BrF3NO2. The number of carbonyl (C=O) groups excluding carboxylic acids is 1. The predicted octanol–water partition coefficient (Wildman–Crippen LogP) is 3.21. The summed E-state index contributed by atoms with van der Waals surface area (Å²) in [4.78, 5) is 12.0. The van der Waals surface area contributed by atoms with Gasteiger partial charge in [-0.2, -0.15) is 13.2 Å². The lowest BCUT2D eigenvalue weighted by atomic mass is 10.0. The fourth-order valence-corrected chi connectivity index (χ4v) is 1.98. The minimum atomic E-state index is -4.62. The van der Waals surface area contributed by atoms with Gasteiger partial charge in [0.05, 0.1) is 23.8 Å². The Kier molecular flexibility index (Phi) is 5.59. The van der Waals surface area contributed by atoms with Gasteiger partial charge in [-0.1, -0.05) is 29.8 Å². The van der Waals surface area contributed by atoms with Crippen LogP contribution in [0, 0.1) is 5.92 Å². The van der Waals surface area contributed by atoms with Crippen molar-refractivity contribution < 1.29 is 23.1 Å². The number of amides is 1. The van der Waals surface area contributed by atoms with E-state index in [1.807, 2.05) is 0 Å². The van der Waals surface area contributed by atoms with E-state index in [4.69, 9.17) is 5.11 Å². The van der Waals surface area contributed by atoms with E-state index in [-0.39, 0.29) is 17.0 Å². The molecule has 0 aromatic heterocycles. The SMILES string of the molecule is CC(C)[C@@H](CO)NC(=O)c1ccc(Br)cc1C(F)(F)F. The van der Waals surface area contributed by atoms with E-state index in [0.29, 0.717) is 0 Å². The third-order valence-corrected chi connectivity index (χ3v) is 3.34. The Balaban J connectivity index is 3.10. The summed E-state index contributed by atoms with van der Waals surface area (Å²) in [6, 6.07) is 2.75. The molecule has 0 heterocycles. The van der Waals surface area contributed by atoms with Crippen LogP contribution in [-0.2, 0) is 6.18 Å². The van der Waals surface area contributed by atoms with Gasteiger partial charge in [0.1, 0.15) is 0 Å². The van der Waals surface area contributed by atoms with Crippen LogP contribution in [0.3, 0.4) is 0 Å². The molecule has 0 saturated carbocycles. The molecular weight excluding hydrogens is 339 g/mol. The Labute approximate surface area is 123 Å². The molecule has 3 nitrogen and oxygen atoms in total. The average molecular weight is 354 g/mol. The van der Waals surface area contributed by atoms with E-state index >= 15 is 0 Å². The molecule has 0 aliphatic heterocycles. The lowest BCUT2D eigenvalue weighted by Crippen LogP contribution is -2.41. The van der Waals surface area contributed by atoms with E-state index in [1.54, 1.807) is 13.8 Å². The molecule has 0 fully saturated rings. The van der Waals surface area contributed by atoms with Crippen LogP contribution in [-0.4, -0.2) is 23.7 Å². The van der Waals surface area contributed by atoms with Crippen molar-refractivity contribution in [3.63, 3.8) is 0 Å². The summed E-state index contributed by atoms with van der Waals surface area (Å²) >= 11 is 2.95. The number of hydrogen-bond acceptors (Lipinski definition) is 2. The Bertz CT molecular complexity index is 489. The van der Waals surface area contributed by atoms with Gasteiger partial charge in [-0.05, 0) is 24.1 Å². The van der Waals surface area contributed by atoms with Crippen molar-refractivity contribution in [1.29, 1.82) is 0 Å². The summed E-state index contributed by atoms with van der Waals surface area (Å²) in [6.07, 6.45) is -4.62. The van der Waals surface area contributed by atoms with Gasteiger partial charge >= 0.3 is 6.18 Å². The number of alkyl halides is 3. The number of hydrogen-bond donors (Lipinski definition) is 2. The maximum Gasteiger partial charge on any atom is 0.417 e. The quantitative estimate of drug-likeness (QED) is 0.873. The first-order valence-electron chi connectivity index (χ1n) is 5.95. The molecule has 1 rings (SSSR count). The number of carbonyl (C=O) groups is 1. The molecule has 0 saturated heterocycles. The number of aliphatic hydroxyl groups is 1. The molecule has 0 unspecified atom stereocenters. The summed E-state index contributed by atoms with van der Waals surface area (Å²) in [5.41, 5.74) is -1.47. The molecule has 1 aromatic rings. The van der Waals surface area contributed by atoms with Gasteiger partial charge in [-0.15, -0.1) is 0 Å². The highest BCUT2D eigenvalue weighted by Gasteiger charge is 2.35. The fourth-order valence-electron chi connectivity index (χ4n) is 1.62. The van der Waals surface area contributed by atoms with Crippen LogP contribution in [0.1, 0.15) is 29.8 Å². The van der Waals surface area contributed by atoms with Crippen molar-refractivity contribution >= 4 is 21.8 Å². The maximum atomic E-state index is 12.9. The molecule has 112 valence electrons. The van der Waals surface area contributed by atoms with Crippen LogP contribution in [0.4, 0.5) is 13.2 Å². The van der Waals surface area contributed by atoms with Crippen LogP contribution in [0.15, 0.2) is 22.7 Å². The highest BCUT2D eigenvalue weighted by atomic mass is 79.9. The molecule has 20 heavy (non-hydrogen) atoms. The van der Waals surface area contributed by atoms with Gasteiger partial charge in [0.2, 0.25) is 0 Å². The van der Waals surface area contributed by atoms with Crippen LogP contribution >= 0.6 is 15.9 Å². The molecule has 7 heteroatoms. The van der Waals surface area contributed by atoms with Gasteiger partial charge in [0, 0.05) is 4.47 Å². The largest absolute Gasteiger partial charge is 0.417 e. The molecule has 0 aliphatic carbocycles. The molecule has 0 spiro atoms. The molecule has 1 amide bonds. The van der Waals surface area contributed by atoms with Gasteiger partial charge in [-0.25, -0.2) is 0 Å². The Morgan fingerprint density at radius 3 is 2.45 bits per heavy atom. The first kappa shape index (κ1) is 17.0. The zero-order valence-electron chi connectivity index (χ0n) is 11.0. The molecule has 0 radical (unpaired) electrons. The summed E-state index contributed by atoms with van der Waals surface area (Å²) in [6.45, 7) is 3.18. The summed E-state index contributed by atoms with van der Waals surface area (Å²) < 4.78 is 39.0. The number of rotatable bonds is 4. The van der Waals surface area contributed by atoms with Gasteiger partial charge in [0.25, 0.3) is 5.91 Å². The van der Waals surface area contributed by atoms with E-state index < -0.39 is 29.3 Å². The molecule has 1 atom stereocenters. The highest BCUT2D eigenvalue weighted by molar-refractivity contribution is 9.10. The third kappa shape index (κ3) is 4.21. The fraction of sp³-hybridized carbons (Fsp3) is 0.462. The smallest absolute Gasteiger partial charge is 0.394 e. The van der Waals surface area contributed by atoms with Gasteiger partial charge in [-0.3, -0.25) is 4.79 Å². The monoisotopic (exact) mass is 353 g/mol. The summed E-state index contributed by atoms with van der Waals surface area (Å²) in [5.74, 6) is -0.939. The second kappa shape index (κ2) is 6.58. The minimum absolute atomic E-state index is 0.0891. The maximum absolute atomic E-state index is 12.9. The minimum Gasteiger partial charge on any atom is -0.394 e. The topological polar surface area (TPSA) is 49.3 Å². The van der Waals surface area contributed by atoms with Crippen molar-refractivity contribution in [1.82, 2.24) is 5.32 Å². The Morgan fingerprint density at radius 1 is 1.40 bits per heavy atom. The van der Waals surface area contributed by atoms with Crippen LogP contribution < -0.4 is 5.32 Å². The predicted molar refractivity (Wildman–Crippen MR) is 72.3 cm³/mol. The number of aliphatic hydroxyl groups excluding tert-OH is 1. The van der Waals surface area contributed by atoms with Crippen molar-refractivity contribution in [3.8, 4) is 0 Å². The molecule has 0 bridgehead atoms. The van der Waals surface area contributed by atoms with Crippen LogP contribution in [0.2, 0.25) is 0 Å². The Hall–Kier alpha value is -1.08. The lowest BCUT2D eigenvalue weighted by molar-refractivity contribution is -0.138. The van der Waals surface area contributed by atoms with E-state index in [9.17, 15) is 18.0 Å². The molecule has 2 N–H and O–H groups in total. The van der Waals surface area contributed by atoms with Crippen molar-refractivity contribution in [2.45, 2.75) is 26.1 Å². The second-order valence-electron chi connectivity index (χ2n) is 4.69. The van der Waals surface area contributed by atoms with Crippen LogP contribution in [0.5, 0.6) is 0 Å². The van der Waals surface area contributed by atoms with E-state index in [0.717, 1.165) is 12.1 Å². The summed E-state index contributed by atoms with van der Waals surface area (Å²) in [5, 5.41) is 11.5. The van der Waals surface area contributed by atoms with E-state index in [2.05, 4.69) is 21.2 Å². The number of benzene rings is 1. The van der Waals surface area contributed by atoms with Crippen molar-refractivity contribution in [2.24, 2.45) is 5.92 Å². The second-order valence-corrected chi connectivity index (χ2v) is 5.61. The standard InChI is InChI=1S/C13H15BrF3NO2/c1-7(2)11(6-19)18-12(20)9-4-3-8(14)5-10(9)13(15,16)17/h3-5,7,11,19H,6H2,1-2H3,(H,18,20)/t11-/m1/s1. The highest BCUT2D eigenvalue weighted by Crippen LogP contribution is 2.33. The zero-order chi connectivity index (χ0) is 15.5. The third-order valence-electron chi connectivity index (χ3n) is 2.85. The lowest BCUT2D eigenvalue weighted by Gasteiger charge is -2.21. The van der Waals surface area contributed by atoms with Crippen LogP contribution in [0.25, 0.3) is 0 Å². The number of halogens is 4. The zero-order valence-corrected chi connectivity index (χ0v) is 12.5. The van der Waals surface area contributed by atoms with Crippen molar-refractivity contribution in [2.75, 3.05) is 6.61 Å². The van der Waals surface area contributed by atoms with Gasteiger partial charge < -0.3 is 10.4 Å². The van der Waals surface area contributed by atoms with Gasteiger partial charge in [0.15, 0.2) is 0 Å². The molecule has 0 aliphatic rings. The van der Waals surface area contributed by atoms with Crippen molar-refractivity contribution in [3.05, 3.63) is 33.8 Å². The average Bonchev–Trinajstić information content (AvgIpc) is 2.34. The molecule has 1 aromatic carbocycles.